The summed E-state index contributed by atoms with van der Waals surface area (Å²) in [4.78, 5) is 18.6. The molecule has 1 saturated heterocycles. The number of halogens is 1. The minimum absolute atomic E-state index is 0.0971. The lowest BCUT2D eigenvalue weighted by atomic mass is 10.1. The summed E-state index contributed by atoms with van der Waals surface area (Å²) in [6, 6.07) is 8.57. The van der Waals surface area contributed by atoms with Gasteiger partial charge in [0.1, 0.15) is 18.2 Å². The van der Waals surface area contributed by atoms with E-state index in [9.17, 15) is 24.5 Å². The maximum Gasteiger partial charge on any atom is 0.407 e. The standard InChI is InChI=1S/C20H21FN4O5/c21-17-7-13(8-22)1-2-15(17)12-30-18-4-3-14(10-26)19(23-18)25-6-5-24(20(28)29)9-16(25)11-27/h1-4,7,16,26-27H,5-6,9-12H2,(H,28,29). The zero-order valence-electron chi connectivity index (χ0n) is 16.0. The number of benzene rings is 1. The first-order chi connectivity index (χ1) is 14.5. The maximum absolute atomic E-state index is 14.1. The summed E-state index contributed by atoms with van der Waals surface area (Å²) in [6.45, 7) is -0.105. The molecule has 3 rings (SSSR count). The van der Waals surface area contributed by atoms with Crippen LogP contribution >= 0.6 is 0 Å². The maximum atomic E-state index is 14.1. The zero-order valence-corrected chi connectivity index (χ0v) is 16.0. The quantitative estimate of drug-likeness (QED) is 0.643. The zero-order chi connectivity index (χ0) is 21.7. The van der Waals surface area contributed by atoms with E-state index in [1.54, 1.807) is 11.0 Å². The van der Waals surface area contributed by atoms with Crippen molar-refractivity contribution in [1.82, 2.24) is 9.88 Å². The number of piperazine rings is 1. The Labute approximate surface area is 172 Å². The van der Waals surface area contributed by atoms with Gasteiger partial charge in [0, 0.05) is 36.8 Å². The molecule has 0 aliphatic carbocycles. The number of hydrogen-bond acceptors (Lipinski definition) is 7. The number of pyridine rings is 1. The number of nitrogens with zero attached hydrogens (tertiary/aromatic N) is 4. The predicted molar refractivity (Wildman–Crippen MR) is 103 cm³/mol. The van der Waals surface area contributed by atoms with Gasteiger partial charge in [0.05, 0.1) is 30.9 Å². The molecule has 30 heavy (non-hydrogen) atoms. The highest BCUT2D eigenvalue weighted by atomic mass is 19.1. The van der Waals surface area contributed by atoms with Gasteiger partial charge < -0.3 is 29.9 Å². The van der Waals surface area contributed by atoms with Crippen molar-refractivity contribution in [2.45, 2.75) is 19.3 Å². The average Bonchev–Trinajstić information content (AvgIpc) is 2.77. The number of carboxylic acid groups (broad SMARTS) is 1. The number of anilines is 1. The molecular weight excluding hydrogens is 395 g/mol. The number of aliphatic hydroxyl groups is 2. The minimum Gasteiger partial charge on any atom is -0.473 e. The van der Waals surface area contributed by atoms with Crippen molar-refractivity contribution < 1.29 is 29.2 Å². The Balaban J connectivity index is 1.80. The summed E-state index contributed by atoms with van der Waals surface area (Å²) in [7, 11) is 0. The molecular formula is C20H21FN4O5. The van der Waals surface area contributed by atoms with Crippen LogP contribution in [-0.2, 0) is 13.2 Å². The normalized spacial score (nSPS) is 16.3. The Hall–Kier alpha value is -3.42. The number of aliphatic hydroxyl groups excluding tert-OH is 2. The van der Waals surface area contributed by atoms with Crippen molar-refractivity contribution in [1.29, 1.82) is 5.26 Å². The molecule has 2 aromatic rings. The summed E-state index contributed by atoms with van der Waals surface area (Å²) < 4.78 is 19.7. The fourth-order valence-electron chi connectivity index (χ4n) is 3.26. The lowest BCUT2D eigenvalue weighted by Gasteiger charge is -2.40. The molecule has 1 aliphatic rings. The summed E-state index contributed by atoms with van der Waals surface area (Å²) in [5.74, 6) is -0.00547. The van der Waals surface area contributed by atoms with E-state index >= 15 is 0 Å². The molecule has 0 radical (unpaired) electrons. The summed E-state index contributed by atoms with van der Waals surface area (Å²) >= 11 is 0. The van der Waals surface area contributed by atoms with E-state index in [1.165, 1.54) is 23.1 Å². The highest BCUT2D eigenvalue weighted by molar-refractivity contribution is 5.66. The van der Waals surface area contributed by atoms with Gasteiger partial charge in [-0.25, -0.2) is 9.18 Å². The van der Waals surface area contributed by atoms with Gasteiger partial charge in [0.15, 0.2) is 0 Å². The molecule has 1 aromatic carbocycles. The van der Waals surface area contributed by atoms with Gasteiger partial charge in [-0.05, 0) is 18.2 Å². The molecule has 1 aliphatic heterocycles. The number of amides is 1. The molecule has 2 heterocycles. The lowest BCUT2D eigenvalue weighted by Crippen LogP contribution is -2.56. The fourth-order valence-corrected chi connectivity index (χ4v) is 3.26. The number of aromatic nitrogens is 1. The second kappa shape index (κ2) is 9.39. The van der Waals surface area contributed by atoms with Crippen LogP contribution in [0.2, 0.25) is 0 Å². The first kappa shape index (κ1) is 21.3. The number of carbonyl (C=O) groups is 1. The molecule has 1 fully saturated rings. The predicted octanol–water partition coefficient (Wildman–Crippen LogP) is 1.32. The van der Waals surface area contributed by atoms with E-state index < -0.39 is 18.0 Å². The van der Waals surface area contributed by atoms with E-state index in [-0.39, 0.29) is 56.5 Å². The van der Waals surface area contributed by atoms with E-state index in [0.29, 0.717) is 11.4 Å². The van der Waals surface area contributed by atoms with Crippen LogP contribution in [0.25, 0.3) is 0 Å². The van der Waals surface area contributed by atoms with E-state index in [4.69, 9.17) is 10.00 Å². The monoisotopic (exact) mass is 416 g/mol. The minimum atomic E-state index is -1.06. The number of ether oxygens (including phenoxy) is 1. The van der Waals surface area contributed by atoms with Crippen molar-refractivity contribution in [3.63, 3.8) is 0 Å². The third-order valence-electron chi connectivity index (χ3n) is 4.89. The molecule has 1 amide bonds. The summed E-state index contributed by atoms with van der Waals surface area (Å²) in [5.41, 5.74) is 0.959. The molecule has 0 bridgehead atoms. The molecule has 1 unspecified atom stereocenters. The Bertz CT molecular complexity index is 965. The third-order valence-corrected chi connectivity index (χ3v) is 4.89. The second-order valence-electron chi connectivity index (χ2n) is 6.76. The number of hydrogen-bond donors (Lipinski definition) is 3. The molecule has 3 N–H and O–H groups in total. The molecule has 1 aromatic heterocycles. The van der Waals surface area contributed by atoms with Crippen LogP contribution in [-0.4, -0.2) is 63.6 Å². The van der Waals surface area contributed by atoms with Crippen LogP contribution in [0, 0.1) is 17.1 Å². The van der Waals surface area contributed by atoms with Gasteiger partial charge in [-0.3, -0.25) is 0 Å². The van der Waals surface area contributed by atoms with Crippen LogP contribution in [0.5, 0.6) is 5.88 Å². The van der Waals surface area contributed by atoms with E-state index in [2.05, 4.69) is 4.98 Å². The van der Waals surface area contributed by atoms with E-state index in [1.807, 2.05) is 6.07 Å². The van der Waals surface area contributed by atoms with Crippen molar-refractivity contribution in [2.24, 2.45) is 0 Å². The molecule has 158 valence electrons. The molecule has 9 nitrogen and oxygen atoms in total. The number of nitriles is 1. The second-order valence-corrected chi connectivity index (χ2v) is 6.76. The SMILES string of the molecule is N#Cc1ccc(COc2ccc(CO)c(N3CCN(C(=O)O)CC3CO)n2)c(F)c1. The van der Waals surface area contributed by atoms with Crippen molar-refractivity contribution in [3.8, 4) is 11.9 Å². The highest BCUT2D eigenvalue weighted by Crippen LogP contribution is 2.26. The van der Waals surface area contributed by atoms with Gasteiger partial charge >= 0.3 is 6.09 Å². The smallest absolute Gasteiger partial charge is 0.407 e. The molecule has 10 heteroatoms. The van der Waals surface area contributed by atoms with Gasteiger partial charge in [-0.15, -0.1) is 0 Å². The Morgan fingerprint density at radius 2 is 2.03 bits per heavy atom. The summed E-state index contributed by atoms with van der Waals surface area (Å²) in [5, 5.41) is 37.4. The number of rotatable bonds is 6. The Morgan fingerprint density at radius 3 is 2.67 bits per heavy atom. The van der Waals surface area contributed by atoms with Crippen LogP contribution in [0.3, 0.4) is 0 Å². The van der Waals surface area contributed by atoms with Gasteiger partial charge in [-0.1, -0.05) is 6.07 Å². The first-order valence-corrected chi connectivity index (χ1v) is 9.24. The summed E-state index contributed by atoms with van der Waals surface area (Å²) in [6.07, 6.45) is -1.06. The fraction of sp³-hybridized carbons (Fsp3) is 0.350. The van der Waals surface area contributed by atoms with Crippen LogP contribution < -0.4 is 9.64 Å². The van der Waals surface area contributed by atoms with Crippen LogP contribution in [0.15, 0.2) is 30.3 Å². The van der Waals surface area contributed by atoms with Crippen molar-refractivity contribution in [2.75, 3.05) is 31.1 Å². The Morgan fingerprint density at radius 1 is 1.27 bits per heavy atom. The molecule has 1 atom stereocenters. The van der Waals surface area contributed by atoms with E-state index in [0.717, 1.165) is 6.07 Å². The largest absolute Gasteiger partial charge is 0.473 e. The van der Waals surface area contributed by atoms with Crippen molar-refractivity contribution in [3.05, 3.63) is 52.8 Å². The molecule has 0 spiro atoms. The lowest BCUT2D eigenvalue weighted by molar-refractivity contribution is 0.124. The Kier molecular flexibility index (Phi) is 6.66. The highest BCUT2D eigenvalue weighted by Gasteiger charge is 2.31. The average molecular weight is 416 g/mol. The first-order valence-electron chi connectivity index (χ1n) is 9.24. The van der Waals surface area contributed by atoms with Crippen LogP contribution in [0.1, 0.15) is 16.7 Å². The van der Waals surface area contributed by atoms with Gasteiger partial charge in [0.2, 0.25) is 5.88 Å². The van der Waals surface area contributed by atoms with Gasteiger partial charge in [0.25, 0.3) is 0 Å². The topological polar surface area (TPSA) is 130 Å². The van der Waals surface area contributed by atoms with Crippen LogP contribution in [0.4, 0.5) is 15.0 Å². The molecule has 0 saturated carbocycles. The van der Waals surface area contributed by atoms with Crippen molar-refractivity contribution >= 4 is 11.9 Å². The van der Waals surface area contributed by atoms with Gasteiger partial charge in [-0.2, -0.15) is 10.2 Å². The third kappa shape index (κ3) is 4.59.